The molecule has 0 saturated carbocycles. The summed E-state index contributed by atoms with van der Waals surface area (Å²) in [5, 5.41) is 9.15. The van der Waals surface area contributed by atoms with Gasteiger partial charge in [-0.2, -0.15) is 0 Å². The molecule has 0 saturated heterocycles. The van der Waals surface area contributed by atoms with E-state index in [0.717, 1.165) is 0 Å². The number of halogens is 1. The highest BCUT2D eigenvalue weighted by molar-refractivity contribution is 5.95. The number of hydrogen-bond acceptors (Lipinski definition) is 4. The van der Waals surface area contributed by atoms with Crippen LogP contribution in [0.2, 0.25) is 0 Å². The van der Waals surface area contributed by atoms with Crippen LogP contribution in [0.3, 0.4) is 0 Å². The molecule has 8 heteroatoms. The number of nitrogens with zero attached hydrogens (tertiary/aromatic N) is 2. The van der Waals surface area contributed by atoms with E-state index in [0.29, 0.717) is 22.6 Å². The first-order valence-electron chi connectivity index (χ1n) is 7.98. The van der Waals surface area contributed by atoms with Crippen LogP contribution in [0, 0.1) is 23.1 Å². The number of benzene rings is 1. The number of amides is 1. The van der Waals surface area contributed by atoms with Gasteiger partial charge in [0.15, 0.2) is 5.96 Å². The van der Waals surface area contributed by atoms with E-state index in [4.69, 9.17) is 15.9 Å². The number of nitrogens with two attached hydrogens (primary N) is 1. The largest absolute Gasteiger partial charge is 0.370 e. The fourth-order valence-corrected chi connectivity index (χ4v) is 2.37. The van der Waals surface area contributed by atoms with E-state index < -0.39 is 11.9 Å². The molecule has 2 heterocycles. The maximum Gasteiger partial charge on any atom is 0.252 e. The number of rotatable bonds is 4. The number of guanidine groups is 1. The predicted molar refractivity (Wildman–Crippen MR) is 97.3 cm³/mol. The van der Waals surface area contributed by atoms with E-state index in [1.54, 1.807) is 12.1 Å². The Balaban J connectivity index is 1.83. The van der Waals surface area contributed by atoms with Gasteiger partial charge in [0.05, 0.1) is 6.61 Å². The number of hydrogen-bond donors (Lipinski definition) is 3. The zero-order chi connectivity index (χ0) is 19.2. The van der Waals surface area contributed by atoms with Gasteiger partial charge in [0, 0.05) is 11.8 Å². The summed E-state index contributed by atoms with van der Waals surface area (Å²) in [7, 11) is 0. The second-order valence-corrected chi connectivity index (χ2v) is 5.55. The minimum atomic E-state index is -0.523. The number of carbonyl (C=O) groups excluding carboxylic acids is 1. The van der Waals surface area contributed by atoms with Gasteiger partial charge in [0.1, 0.15) is 29.5 Å². The van der Waals surface area contributed by atoms with Crippen molar-refractivity contribution >= 4 is 17.5 Å². The number of nitrogens with one attached hydrogen (secondary N) is 2. The van der Waals surface area contributed by atoms with E-state index in [-0.39, 0.29) is 19.0 Å². The Labute approximate surface area is 154 Å². The van der Waals surface area contributed by atoms with E-state index in [9.17, 15) is 9.18 Å². The van der Waals surface area contributed by atoms with Crippen molar-refractivity contribution in [1.82, 2.24) is 14.7 Å². The van der Waals surface area contributed by atoms with Crippen molar-refractivity contribution in [1.29, 1.82) is 5.41 Å². The summed E-state index contributed by atoms with van der Waals surface area (Å²) in [5.41, 5.74) is 7.62. The summed E-state index contributed by atoms with van der Waals surface area (Å²) >= 11 is 0. The van der Waals surface area contributed by atoms with Crippen LogP contribution in [-0.4, -0.2) is 27.9 Å². The average molecular weight is 365 g/mol. The Hall–Kier alpha value is -3.70. The molecular formula is C19H16FN5O2. The van der Waals surface area contributed by atoms with Crippen LogP contribution in [0.4, 0.5) is 4.39 Å². The standard InChI is InChI=1S/C19H16FN5O2/c20-14-7-4-13(5-8-14)6-9-16-15(11-27-12-18(26)24-19(21)22)23-17-3-1-2-10-25(16)17/h1-5,7-8,10H,11-12H2,(H4,21,22,24,26). The first-order chi connectivity index (χ1) is 13.0. The molecule has 0 unspecified atom stereocenters. The van der Waals surface area contributed by atoms with Gasteiger partial charge in [-0.25, -0.2) is 9.37 Å². The van der Waals surface area contributed by atoms with Crippen LogP contribution in [-0.2, 0) is 16.1 Å². The summed E-state index contributed by atoms with van der Waals surface area (Å²) in [6.45, 7) is -0.210. The van der Waals surface area contributed by atoms with Crippen molar-refractivity contribution in [3.05, 3.63) is 71.4 Å². The van der Waals surface area contributed by atoms with E-state index in [2.05, 4.69) is 22.1 Å². The summed E-state index contributed by atoms with van der Waals surface area (Å²) < 4.78 is 20.2. The summed E-state index contributed by atoms with van der Waals surface area (Å²) in [6, 6.07) is 11.4. The van der Waals surface area contributed by atoms with Crippen LogP contribution in [0.15, 0.2) is 48.7 Å². The molecule has 0 spiro atoms. The SMILES string of the molecule is N=C(N)NC(=O)COCc1nc2ccccn2c1C#Cc1ccc(F)cc1. The third kappa shape index (κ3) is 4.68. The summed E-state index contributed by atoms with van der Waals surface area (Å²) in [4.78, 5) is 16.0. The van der Waals surface area contributed by atoms with E-state index in [1.807, 2.05) is 28.8 Å². The molecule has 4 N–H and O–H groups in total. The summed E-state index contributed by atoms with van der Waals surface area (Å²) in [6.07, 6.45) is 1.82. The van der Waals surface area contributed by atoms with Gasteiger partial charge in [-0.15, -0.1) is 0 Å². The lowest BCUT2D eigenvalue weighted by atomic mass is 10.2. The van der Waals surface area contributed by atoms with Crippen molar-refractivity contribution < 1.29 is 13.9 Å². The fourth-order valence-electron chi connectivity index (χ4n) is 2.37. The molecule has 1 aromatic carbocycles. The highest BCUT2D eigenvalue weighted by Crippen LogP contribution is 2.13. The number of imidazole rings is 1. The molecule has 0 aliphatic heterocycles. The average Bonchev–Trinajstić information content (AvgIpc) is 2.98. The van der Waals surface area contributed by atoms with Gasteiger partial charge in [-0.1, -0.05) is 12.0 Å². The zero-order valence-corrected chi connectivity index (χ0v) is 14.2. The minimum absolute atomic E-state index is 0.0560. The Morgan fingerprint density at radius 2 is 2.04 bits per heavy atom. The maximum atomic E-state index is 13.0. The van der Waals surface area contributed by atoms with Gasteiger partial charge in [-0.05, 0) is 42.3 Å². The molecule has 27 heavy (non-hydrogen) atoms. The lowest BCUT2D eigenvalue weighted by Crippen LogP contribution is -2.37. The molecule has 0 atom stereocenters. The predicted octanol–water partition coefficient (Wildman–Crippen LogP) is 1.40. The highest BCUT2D eigenvalue weighted by atomic mass is 19.1. The molecule has 0 radical (unpaired) electrons. The lowest BCUT2D eigenvalue weighted by molar-refractivity contribution is -0.124. The molecule has 7 nitrogen and oxygen atoms in total. The van der Waals surface area contributed by atoms with Crippen LogP contribution in [0.5, 0.6) is 0 Å². The lowest BCUT2D eigenvalue weighted by Gasteiger charge is -2.03. The van der Waals surface area contributed by atoms with E-state index >= 15 is 0 Å². The normalized spacial score (nSPS) is 10.3. The quantitative estimate of drug-likeness (QED) is 0.369. The number of pyridine rings is 1. The van der Waals surface area contributed by atoms with E-state index in [1.165, 1.54) is 12.1 Å². The number of aromatic nitrogens is 2. The van der Waals surface area contributed by atoms with Crippen molar-refractivity contribution in [3.8, 4) is 11.8 Å². The molecule has 2 aromatic heterocycles. The Morgan fingerprint density at radius 1 is 1.26 bits per heavy atom. The van der Waals surface area contributed by atoms with Crippen LogP contribution >= 0.6 is 0 Å². The molecule has 0 aliphatic carbocycles. The maximum absolute atomic E-state index is 13.0. The van der Waals surface area contributed by atoms with Crippen molar-refractivity contribution in [2.45, 2.75) is 6.61 Å². The molecule has 0 fully saturated rings. The van der Waals surface area contributed by atoms with Gasteiger partial charge >= 0.3 is 0 Å². The van der Waals surface area contributed by atoms with Crippen LogP contribution in [0.25, 0.3) is 5.65 Å². The number of carbonyl (C=O) groups is 1. The van der Waals surface area contributed by atoms with Gasteiger partial charge in [0.2, 0.25) is 0 Å². The molecule has 3 rings (SSSR count). The van der Waals surface area contributed by atoms with Crippen LogP contribution < -0.4 is 11.1 Å². The van der Waals surface area contributed by atoms with Crippen LogP contribution in [0.1, 0.15) is 17.0 Å². The zero-order valence-electron chi connectivity index (χ0n) is 14.2. The Kier molecular flexibility index (Phi) is 5.44. The Bertz CT molecular complexity index is 1050. The number of fused-ring (bicyclic) bond motifs is 1. The fraction of sp³-hybridized carbons (Fsp3) is 0.105. The highest BCUT2D eigenvalue weighted by Gasteiger charge is 2.11. The van der Waals surface area contributed by atoms with Crippen molar-refractivity contribution in [3.63, 3.8) is 0 Å². The molecule has 0 aliphatic rings. The second kappa shape index (κ2) is 8.12. The topological polar surface area (TPSA) is 106 Å². The van der Waals surface area contributed by atoms with Gasteiger partial charge in [-0.3, -0.25) is 19.9 Å². The molecule has 1 amide bonds. The molecule has 0 bridgehead atoms. The molecule has 3 aromatic rings. The molecular weight excluding hydrogens is 349 g/mol. The number of ether oxygens (including phenoxy) is 1. The minimum Gasteiger partial charge on any atom is -0.370 e. The third-order valence-electron chi connectivity index (χ3n) is 3.52. The van der Waals surface area contributed by atoms with Crippen molar-refractivity contribution in [2.24, 2.45) is 5.73 Å². The first-order valence-corrected chi connectivity index (χ1v) is 7.98. The third-order valence-corrected chi connectivity index (χ3v) is 3.52. The van der Waals surface area contributed by atoms with Gasteiger partial charge in [0.25, 0.3) is 5.91 Å². The van der Waals surface area contributed by atoms with Crippen molar-refractivity contribution in [2.75, 3.05) is 6.61 Å². The Morgan fingerprint density at radius 3 is 2.78 bits per heavy atom. The first kappa shape index (κ1) is 18.1. The smallest absolute Gasteiger partial charge is 0.252 e. The molecule has 136 valence electrons. The monoisotopic (exact) mass is 365 g/mol. The second-order valence-electron chi connectivity index (χ2n) is 5.55. The summed E-state index contributed by atoms with van der Waals surface area (Å²) in [5.74, 6) is 4.72. The van der Waals surface area contributed by atoms with Gasteiger partial charge < -0.3 is 10.5 Å².